The lowest BCUT2D eigenvalue weighted by Crippen LogP contribution is -2.40. The van der Waals surface area contributed by atoms with Gasteiger partial charge in [0.25, 0.3) is 0 Å². The third-order valence-corrected chi connectivity index (χ3v) is 4.69. The summed E-state index contributed by atoms with van der Waals surface area (Å²) >= 11 is 7.54. The van der Waals surface area contributed by atoms with E-state index in [2.05, 4.69) is 9.97 Å². The smallest absolute Gasteiger partial charge is 0.410 e. The molecule has 0 aliphatic carbocycles. The van der Waals surface area contributed by atoms with Crippen LogP contribution in [0.25, 0.3) is 0 Å². The summed E-state index contributed by atoms with van der Waals surface area (Å²) in [5.74, 6) is 0.749. The van der Waals surface area contributed by atoms with Crippen LogP contribution in [0.5, 0.6) is 0 Å². The number of rotatable bonds is 3. The first-order valence-corrected chi connectivity index (χ1v) is 8.74. The summed E-state index contributed by atoms with van der Waals surface area (Å²) in [5, 5.41) is 1.12. The lowest BCUT2D eigenvalue weighted by molar-refractivity contribution is 0.0242. The highest BCUT2D eigenvalue weighted by molar-refractivity contribution is 7.99. The Balaban J connectivity index is 1.93. The monoisotopic (exact) mass is 343 g/mol. The molecule has 22 heavy (non-hydrogen) atoms. The highest BCUT2D eigenvalue weighted by atomic mass is 35.5. The van der Waals surface area contributed by atoms with Crippen LogP contribution in [-0.2, 0) is 4.74 Å². The number of aromatic nitrogens is 2. The number of likely N-dealkylation sites (tertiary alicyclic amines) is 1. The third kappa shape index (κ3) is 4.74. The van der Waals surface area contributed by atoms with Crippen LogP contribution in [0.3, 0.4) is 0 Å². The van der Waals surface area contributed by atoms with Crippen LogP contribution in [0.15, 0.2) is 11.4 Å². The number of thioether (sulfide) groups is 1. The standard InChI is InChI=1S/C15H22ClN3O2S/c1-10-8-17-13(18-12(10)16)22-9-11-6-5-7-19(11)14(20)21-15(2,3)4/h8,11H,5-7,9H2,1-4H3/t11-/m0/s1. The molecule has 1 atom stereocenters. The Kier molecular flexibility index (Phi) is 5.55. The minimum atomic E-state index is -0.467. The Morgan fingerprint density at radius 1 is 1.55 bits per heavy atom. The van der Waals surface area contributed by atoms with Gasteiger partial charge in [0, 0.05) is 30.1 Å². The third-order valence-electron chi connectivity index (χ3n) is 3.30. The van der Waals surface area contributed by atoms with Crippen molar-refractivity contribution in [3.8, 4) is 0 Å². The molecule has 0 bridgehead atoms. The molecule has 7 heteroatoms. The predicted molar refractivity (Wildman–Crippen MR) is 88.5 cm³/mol. The fraction of sp³-hybridized carbons (Fsp3) is 0.667. The normalized spacial score (nSPS) is 18.6. The van der Waals surface area contributed by atoms with Gasteiger partial charge in [0.1, 0.15) is 10.8 Å². The highest BCUT2D eigenvalue weighted by Gasteiger charge is 2.32. The number of carbonyl (C=O) groups excluding carboxylic acids is 1. The van der Waals surface area contributed by atoms with Crippen LogP contribution in [0.4, 0.5) is 4.79 Å². The summed E-state index contributed by atoms with van der Waals surface area (Å²) < 4.78 is 5.46. The fourth-order valence-electron chi connectivity index (χ4n) is 2.22. The van der Waals surface area contributed by atoms with Gasteiger partial charge >= 0.3 is 6.09 Å². The average Bonchev–Trinajstić information content (AvgIpc) is 2.87. The van der Waals surface area contributed by atoms with Crippen LogP contribution in [0.1, 0.15) is 39.2 Å². The van der Waals surface area contributed by atoms with Crippen molar-refractivity contribution >= 4 is 29.5 Å². The van der Waals surface area contributed by atoms with Crippen molar-refractivity contribution in [3.63, 3.8) is 0 Å². The van der Waals surface area contributed by atoms with Gasteiger partial charge in [-0.1, -0.05) is 23.4 Å². The maximum atomic E-state index is 12.2. The second-order valence-corrected chi connectivity index (χ2v) is 7.75. The number of amides is 1. The molecule has 0 spiro atoms. The molecule has 2 heterocycles. The van der Waals surface area contributed by atoms with Crippen molar-refractivity contribution in [2.75, 3.05) is 12.3 Å². The molecule has 1 aromatic rings. The van der Waals surface area contributed by atoms with Crippen molar-refractivity contribution < 1.29 is 9.53 Å². The van der Waals surface area contributed by atoms with Gasteiger partial charge in [-0.05, 0) is 40.5 Å². The zero-order valence-corrected chi connectivity index (χ0v) is 15.0. The van der Waals surface area contributed by atoms with E-state index in [1.807, 2.05) is 32.6 Å². The van der Waals surface area contributed by atoms with E-state index in [0.717, 1.165) is 30.7 Å². The van der Waals surface area contributed by atoms with Crippen LogP contribution >= 0.6 is 23.4 Å². The molecule has 1 amide bonds. The maximum Gasteiger partial charge on any atom is 0.410 e. The topological polar surface area (TPSA) is 55.3 Å². The van der Waals surface area contributed by atoms with Crippen molar-refractivity contribution in [1.82, 2.24) is 14.9 Å². The van der Waals surface area contributed by atoms with E-state index >= 15 is 0 Å². The van der Waals surface area contributed by atoms with Crippen LogP contribution < -0.4 is 0 Å². The summed E-state index contributed by atoms with van der Waals surface area (Å²) in [6.07, 6.45) is 3.46. The molecule has 0 saturated carbocycles. The van der Waals surface area contributed by atoms with Crippen molar-refractivity contribution in [2.45, 2.75) is 57.3 Å². The lowest BCUT2D eigenvalue weighted by Gasteiger charge is -2.28. The van der Waals surface area contributed by atoms with Gasteiger partial charge in [-0.3, -0.25) is 0 Å². The molecule has 0 unspecified atom stereocenters. The number of halogens is 1. The summed E-state index contributed by atoms with van der Waals surface area (Å²) in [7, 11) is 0. The first-order valence-electron chi connectivity index (χ1n) is 7.38. The maximum absolute atomic E-state index is 12.2. The number of hydrogen-bond donors (Lipinski definition) is 0. The zero-order chi connectivity index (χ0) is 16.3. The molecule has 1 saturated heterocycles. The Morgan fingerprint density at radius 3 is 2.91 bits per heavy atom. The second kappa shape index (κ2) is 7.04. The number of carbonyl (C=O) groups is 1. The summed E-state index contributed by atoms with van der Waals surface area (Å²) in [6, 6.07) is 0.156. The van der Waals surface area contributed by atoms with Gasteiger partial charge in [-0.2, -0.15) is 0 Å². The summed E-state index contributed by atoms with van der Waals surface area (Å²) in [5.41, 5.74) is 0.396. The lowest BCUT2D eigenvalue weighted by atomic mass is 10.2. The average molecular weight is 344 g/mol. The molecule has 0 N–H and O–H groups in total. The molecular formula is C15H22ClN3O2S. The molecule has 0 aromatic carbocycles. The SMILES string of the molecule is Cc1cnc(SC[C@@H]2CCCN2C(=O)OC(C)(C)C)nc1Cl. The van der Waals surface area contributed by atoms with Gasteiger partial charge < -0.3 is 9.64 Å². The van der Waals surface area contributed by atoms with Crippen LogP contribution in [0.2, 0.25) is 5.15 Å². The number of ether oxygens (including phenoxy) is 1. The number of nitrogens with zero attached hydrogens (tertiary/aromatic N) is 3. The van der Waals surface area contributed by atoms with Gasteiger partial charge in [-0.15, -0.1) is 0 Å². The van der Waals surface area contributed by atoms with Crippen LogP contribution in [0, 0.1) is 6.92 Å². The molecule has 5 nitrogen and oxygen atoms in total. The van der Waals surface area contributed by atoms with E-state index < -0.39 is 5.60 Å². The summed E-state index contributed by atoms with van der Waals surface area (Å²) in [4.78, 5) is 22.5. The molecular weight excluding hydrogens is 322 g/mol. The Bertz CT molecular complexity index is 548. The first kappa shape index (κ1) is 17.3. The van der Waals surface area contributed by atoms with Gasteiger partial charge in [0.2, 0.25) is 0 Å². The summed E-state index contributed by atoms with van der Waals surface area (Å²) in [6.45, 7) is 8.26. The minimum Gasteiger partial charge on any atom is -0.444 e. The van der Waals surface area contributed by atoms with E-state index in [4.69, 9.17) is 16.3 Å². The number of hydrogen-bond acceptors (Lipinski definition) is 5. The minimum absolute atomic E-state index is 0.156. The Hall–Kier alpha value is -1.01. The molecule has 1 aromatic heterocycles. The number of aryl methyl sites for hydroxylation is 1. The van der Waals surface area contributed by atoms with E-state index in [-0.39, 0.29) is 12.1 Å². The Morgan fingerprint density at radius 2 is 2.27 bits per heavy atom. The van der Waals surface area contributed by atoms with Gasteiger partial charge in [-0.25, -0.2) is 14.8 Å². The molecule has 122 valence electrons. The van der Waals surface area contributed by atoms with E-state index in [9.17, 15) is 4.79 Å². The van der Waals surface area contributed by atoms with E-state index in [1.165, 1.54) is 11.8 Å². The molecule has 1 aliphatic heterocycles. The molecule has 0 radical (unpaired) electrons. The second-order valence-electron chi connectivity index (χ2n) is 6.41. The van der Waals surface area contributed by atoms with Gasteiger partial charge in [0.15, 0.2) is 5.16 Å². The van der Waals surface area contributed by atoms with Crippen molar-refractivity contribution in [3.05, 3.63) is 16.9 Å². The van der Waals surface area contributed by atoms with E-state index in [0.29, 0.717) is 10.3 Å². The quantitative estimate of drug-likeness (QED) is 0.473. The van der Waals surface area contributed by atoms with E-state index in [1.54, 1.807) is 6.20 Å². The molecule has 1 fully saturated rings. The van der Waals surface area contributed by atoms with Gasteiger partial charge in [0.05, 0.1) is 0 Å². The molecule has 2 rings (SSSR count). The zero-order valence-electron chi connectivity index (χ0n) is 13.4. The molecule has 1 aliphatic rings. The highest BCUT2D eigenvalue weighted by Crippen LogP contribution is 2.26. The van der Waals surface area contributed by atoms with Crippen LogP contribution in [-0.4, -0.2) is 44.9 Å². The fourth-order valence-corrected chi connectivity index (χ4v) is 3.37. The largest absolute Gasteiger partial charge is 0.444 e. The van der Waals surface area contributed by atoms with Crippen molar-refractivity contribution in [1.29, 1.82) is 0 Å². The van der Waals surface area contributed by atoms with Crippen molar-refractivity contribution in [2.24, 2.45) is 0 Å². The predicted octanol–water partition coefficient (Wildman–Crippen LogP) is 3.93. The first-order chi connectivity index (χ1) is 10.3. The Labute approximate surface area is 140 Å².